The number of methoxy groups -OCH3 is 1. The zero-order valence-corrected chi connectivity index (χ0v) is 12.7. The van der Waals surface area contributed by atoms with Crippen molar-refractivity contribution in [3.05, 3.63) is 66.0 Å². The fourth-order valence-corrected chi connectivity index (χ4v) is 2.22. The summed E-state index contributed by atoms with van der Waals surface area (Å²) in [5.74, 6) is 1.51. The summed E-state index contributed by atoms with van der Waals surface area (Å²) < 4.78 is 12.6. The van der Waals surface area contributed by atoms with Gasteiger partial charge in [-0.25, -0.2) is 4.68 Å². The van der Waals surface area contributed by atoms with Crippen molar-refractivity contribution in [3.63, 3.8) is 0 Å². The summed E-state index contributed by atoms with van der Waals surface area (Å²) in [6.07, 6.45) is 0. The van der Waals surface area contributed by atoms with E-state index in [0.29, 0.717) is 12.3 Å². The van der Waals surface area contributed by atoms with Gasteiger partial charge in [-0.2, -0.15) is 0 Å². The molecule has 1 N–H and O–H groups in total. The van der Waals surface area contributed by atoms with E-state index in [1.165, 1.54) is 0 Å². The highest BCUT2D eigenvalue weighted by Crippen LogP contribution is 2.23. The first-order valence-corrected chi connectivity index (χ1v) is 7.18. The van der Waals surface area contributed by atoms with Crippen molar-refractivity contribution in [2.24, 2.45) is 0 Å². The quantitative estimate of drug-likeness (QED) is 0.758. The van der Waals surface area contributed by atoms with Gasteiger partial charge in [-0.05, 0) is 36.4 Å². The first kappa shape index (κ1) is 15.2. The summed E-state index contributed by atoms with van der Waals surface area (Å²) >= 11 is 0. The molecule has 0 atom stereocenters. The van der Waals surface area contributed by atoms with Crippen molar-refractivity contribution in [3.8, 4) is 17.2 Å². The Balaban J connectivity index is 1.83. The maximum absolute atomic E-state index is 9.32. The van der Waals surface area contributed by atoms with Gasteiger partial charge in [0.25, 0.3) is 0 Å². The van der Waals surface area contributed by atoms with E-state index in [1.807, 2.05) is 54.6 Å². The molecule has 6 heteroatoms. The third-order valence-corrected chi connectivity index (χ3v) is 3.33. The number of ether oxygens (including phenoxy) is 2. The van der Waals surface area contributed by atoms with Crippen LogP contribution in [-0.4, -0.2) is 27.2 Å². The summed E-state index contributed by atoms with van der Waals surface area (Å²) in [5.41, 5.74) is 2.06. The molecule has 3 aromatic rings. The summed E-state index contributed by atoms with van der Waals surface area (Å²) in [4.78, 5) is 0. The molecule has 1 heterocycles. The van der Waals surface area contributed by atoms with Crippen molar-refractivity contribution < 1.29 is 14.6 Å². The topological polar surface area (TPSA) is 69.4 Å². The van der Waals surface area contributed by atoms with Gasteiger partial charge in [0.1, 0.15) is 17.2 Å². The second kappa shape index (κ2) is 7.04. The molecule has 0 unspecified atom stereocenters. The Morgan fingerprint density at radius 1 is 1.00 bits per heavy atom. The number of hydrogen-bond donors (Lipinski definition) is 1. The Labute approximate surface area is 133 Å². The standard InChI is InChI=1S/C17H17N3O3/c1-22-12-17-16(11-21)18-19-20(17)13-7-9-15(10-8-13)23-14-5-3-2-4-6-14/h2-10,21H,11-12H2,1H3. The van der Waals surface area contributed by atoms with E-state index < -0.39 is 0 Å². The van der Waals surface area contributed by atoms with Gasteiger partial charge in [-0.3, -0.25) is 0 Å². The Bertz CT molecular complexity index is 755. The molecule has 0 saturated heterocycles. The zero-order valence-electron chi connectivity index (χ0n) is 12.7. The summed E-state index contributed by atoms with van der Waals surface area (Å²) in [7, 11) is 1.59. The van der Waals surface area contributed by atoms with Crippen molar-refractivity contribution in [2.45, 2.75) is 13.2 Å². The van der Waals surface area contributed by atoms with Gasteiger partial charge in [-0.1, -0.05) is 23.4 Å². The predicted octanol–water partition coefficient (Wildman–Crippen LogP) is 2.70. The van der Waals surface area contributed by atoms with Gasteiger partial charge >= 0.3 is 0 Å². The molecular weight excluding hydrogens is 294 g/mol. The van der Waals surface area contributed by atoms with E-state index in [-0.39, 0.29) is 6.61 Å². The number of nitrogens with zero attached hydrogens (tertiary/aromatic N) is 3. The molecule has 6 nitrogen and oxygen atoms in total. The minimum absolute atomic E-state index is 0.173. The van der Waals surface area contributed by atoms with Crippen molar-refractivity contribution in [1.82, 2.24) is 15.0 Å². The van der Waals surface area contributed by atoms with Crippen molar-refractivity contribution >= 4 is 0 Å². The van der Waals surface area contributed by atoms with Crippen LogP contribution in [0.5, 0.6) is 11.5 Å². The van der Waals surface area contributed by atoms with Crippen LogP contribution < -0.4 is 4.74 Å². The lowest BCUT2D eigenvalue weighted by Gasteiger charge is -2.09. The molecule has 0 aliphatic heterocycles. The Hall–Kier alpha value is -2.70. The van der Waals surface area contributed by atoms with E-state index in [9.17, 15) is 5.11 Å². The minimum atomic E-state index is -0.173. The Morgan fingerprint density at radius 2 is 1.70 bits per heavy atom. The second-order valence-electron chi connectivity index (χ2n) is 4.89. The number of benzene rings is 2. The number of rotatable bonds is 6. The first-order valence-electron chi connectivity index (χ1n) is 7.18. The molecular formula is C17H17N3O3. The maximum Gasteiger partial charge on any atom is 0.127 e. The first-order chi connectivity index (χ1) is 11.3. The molecule has 118 valence electrons. The van der Waals surface area contributed by atoms with Gasteiger partial charge in [0.2, 0.25) is 0 Å². The molecule has 0 aliphatic rings. The van der Waals surface area contributed by atoms with Crippen molar-refractivity contribution in [2.75, 3.05) is 7.11 Å². The monoisotopic (exact) mass is 311 g/mol. The molecule has 3 rings (SSSR count). The molecule has 2 aromatic carbocycles. The number of aliphatic hydroxyl groups excluding tert-OH is 1. The third-order valence-electron chi connectivity index (χ3n) is 3.33. The molecule has 0 bridgehead atoms. The van der Waals surface area contributed by atoms with E-state index in [4.69, 9.17) is 9.47 Å². The van der Waals surface area contributed by atoms with Crippen LogP contribution in [0, 0.1) is 0 Å². The third kappa shape index (κ3) is 3.39. The predicted molar refractivity (Wildman–Crippen MR) is 84.5 cm³/mol. The van der Waals surface area contributed by atoms with Crippen LogP contribution in [0.2, 0.25) is 0 Å². The summed E-state index contributed by atoms with van der Waals surface area (Å²) in [5, 5.41) is 17.4. The average molecular weight is 311 g/mol. The molecule has 0 spiro atoms. The molecule has 0 saturated carbocycles. The molecule has 0 aliphatic carbocycles. The van der Waals surface area contributed by atoms with Crippen LogP contribution in [-0.2, 0) is 18.0 Å². The van der Waals surface area contributed by atoms with Gasteiger partial charge in [-0.15, -0.1) is 5.10 Å². The smallest absolute Gasteiger partial charge is 0.127 e. The Morgan fingerprint density at radius 3 is 2.35 bits per heavy atom. The average Bonchev–Trinajstić information content (AvgIpc) is 3.00. The minimum Gasteiger partial charge on any atom is -0.457 e. The number of hydrogen-bond acceptors (Lipinski definition) is 5. The normalized spacial score (nSPS) is 10.7. The number of aromatic nitrogens is 3. The largest absolute Gasteiger partial charge is 0.457 e. The molecule has 1 aromatic heterocycles. The van der Waals surface area contributed by atoms with Gasteiger partial charge < -0.3 is 14.6 Å². The highest BCUT2D eigenvalue weighted by Gasteiger charge is 2.13. The van der Waals surface area contributed by atoms with Gasteiger partial charge in [0.05, 0.1) is 24.6 Å². The van der Waals surface area contributed by atoms with E-state index >= 15 is 0 Å². The lowest BCUT2D eigenvalue weighted by molar-refractivity contribution is 0.175. The van der Waals surface area contributed by atoms with E-state index in [1.54, 1.807) is 11.8 Å². The van der Waals surface area contributed by atoms with Crippen LogP contribution in [0.15, 0.2) is 54.6 Å². The van der Waals surface area contributed by atoms with Crippen LogP contribution in [0.3, 0.4) is 0 Å². The van der Waals surface area contributed by atoms with Crippen LogP contribution in [0.1, 0.15) is 11.4 Å². The SMILES string of the molecule is COCc1c(CO)nnn1-c1ccc(Oc2ccccc2)cc1. The highest BCUT2D eigenvalue weighted by atomic mass is 16.5. The van der Waals surface area contributed by atoms with Crippen molar-refractivity contribution in [1.29, 1.82) is 0 Å². The lowest BCUT2D eigenvalue weighted by atomic mass is 10.2. The highest BCUT2D eigenvalue weighted by molar-refractivity contribution is 5.40. The zero-order chi connectivity index (χ0) is 16.1. The Kier molecular flexibility index (Phi) is 4.65. The number of para-hydroxylation sites is 1. The lowest BCUT2D eigenvalue weighted by Crippen LogP contribution is -2.05. The van der Waals surface area contributed by atoms with Gasteiger partial charge in [0.15, 0.2) is 0 Å². The fourth-order valence-electron chi connectivity index (χ4n) is 2.22. The van der Waals surface area contributed by atoms with Crippen LogP contribution >= 0.6 is 0 Å². The molecule has 0 fully saturated rings. The van der Waals surface area contributed by atoms with Crippen LogP contribution in [0.25, 0.3) is 5.69 Å². The van der Waals surface area contributed by atoms with Crippen LogP contribution in [0.4, 0.5) is 0 Å². The fraction of sp³-hybridized carbons (Fsp3) is 0.176. The summed E-state index contributed by atoms with van der Waals surface area (Å²) in [6, 6.07) is 17.1. The maximum atomic E-state index is 9.32. The summed E-state index contributed by atoms with van der Waals surface area (Å²) in [6.45, 7) is 0.152. The van der Waals surface area contributed by atoms with E-state index in [0.717, 1.165) is 22.9 Å². The number of aliphatic hydroxyl groups is 1. The van der Waals surface area contributed by atoms with Gasteiger partial charge in [0, 0.05) is 7.11 Å². The second-order valence-corrected chi connectivity index (χ2v) is 4.89. The van der Waals surface area contributed by atoms with E-state index in [2.05, 4.69) is 10.3 Å². The molecule has 23 heavy (non-hydrogen) atoms. The molecule has 0 radical (unpaired) electrons. The molecule has 0 amide bonds.